The molecule has 0 radical (unpaired) electrons. The maximum absolute atomic E-state index is 5.98. The molecule has 0 bridgehead atoms. The molecule has 18 heavy (non-hydrogen) atoms. The van der Waals surface area contributed by atoms with Crippen LogP contribution in [-0.2, 0) is 4.74 Å². The maximum atomic E-state index is 5.98. The van der Waals surface area contributed by atoms with E-state index in [0.29, 0.717) is 0 Å². The van der Waals surface area contributed by atoms with Crippen LogP contribution in [0.2, 0.25) is 0 Å². The van der Waals surface area contributed by atoms with Gasteiger partial charge in [0.15, 0.2) is 0 Å². The molecule has 1 heterocycles. The Labute approximate surface area is 107 Å². The van der Waals surface area contributed by atoms with Crippen LogP contribution < -0.4 is 10.5 Å². The van der Waals surface area contributed by atoms with Crippen molar-refractivity contribution in [1.82, 2.24) is 0 Å². The summed E-state index contributed by atoms with van der Waals surface area (Å²) >= 11 is 0. The number of methoxy groups -OCH3 is 1. The Bertz CT molecular complexity index is 473. The third-order valence-electron chi connectivity index (χ3n) is 3.66. The highest BCUT2D eigenvalue weighted by Gasteiger charge is 2.36. The highest BCUT2D eigenvalue weighted by molar-refractivity contribution is 5.95. The number of aliphatic imine (C=N–C) groups is 1. The summed E-state index contributed by atoms with van der Waals surface area (Å²) in [5.41, 5.74) is 6.96. The Morgan fingerprint density at radius 1 is 1.39 bits per heavy atom. The smallest absolute Gasteiger partial charge is 0.216 e. The van der Waals surface area contributed by atoms with Crippen LogP contribution in [0, 0.1) is 0 Å². The molecule has 4 heteroatoms. The van der Waals surface area contributed by atoms with E-state index in [4.69, 9.17) is 15.2 Å². The minimum atomic E-state index is 0.214. The second kappa shape index (κ2) is 4.61. The minimum Gasteiger partial charge on any atom is -0.497 e. The maximum Gasteiger partial charge on any atom is 0.216 e. The van der Waals surface area contributed by atoms with E-state index in [-0.39, 0.29) is 18.2 Å². The van der Waals surface area contributed by atoms with E-state index < -0.39 is 0 Å². The molecule has 1 aromatic rings. The molecule has 3 rings (SSSR count). The van der Waals surface area contributed by atoms with E-state index in [2.05, 4.69) is 4.99 Å². The van der Waals surface area contributed by atoms with Gasteiger partial charge < -0.3 is 15.2 Å². The normalized spacial score (nSPS) is 30.3. The van der Waals surface area contributed by atoms with Crippen LogP contribution in [0.25, 0.3) is 0 Å². The molecule has 3 unspecified atom stereocenters. The quantitative estimate of drug-likeness (QED) is 0.864. The predicted molar refractivity (Wildman–Crippen MR) is 70.0 cm³/mol. The molecule has 4 nitrogen and oxygen atoms in total. The average Bonchev–Trinajstić information content (AvgIpc) is 2.81. The lowest BCUT2D eigenvalue weighted by molar-refractivity contribution is 0.145. The van der Waals surface area contributed by atoms with Gasteiger partial charge in [0.1, 0.15) is 11.9 Å². The van der Waals surface area contributed by atoms with E-state index in [9.17, 15) is 0 Å². The molecule has 3 atom stereocenters. The van der Waals surface area contributed by atoms with Crippen molar-refractivity contribution in [2.45, 2.75) is 37.5 Å². The number of benzene rings is 1. The van der Waals surface area contributed by atoms with E-state index in [1.54, 1.807) is 7.11 Å². The number of fused-ring (bicyclic) bond motifs is 1. The minimum absolute atomic E-state index is 0.214. The lowest BCUT2D eigenvalue weighted by atomic mass is 9.90. The van der Waals surface area contributed by atoms with Gasteiger partial charge >= 0.3 is 0 Å². The summed E-state index contributed by atoms with van der Waals surface area (Å²) in [5, 5.41) is 0. The molecule has 2 N–H and O–H groups in total. The molecule has 1 aliphatic carbocycles. The predicted octanol–water partition coefficient (Wildman–Crippen LogP) is 1.72. The third kappa shape index (κ3) is 2.08. The highest BCUT2D eigenvalue weighted by Crippen LogP contribution is 2.30. The number of hydrogen-bond acceptors (Lipinski definition) is 4. The van der Waals surface area contributed by atoms with Crippen LogP contribution in [0.15, 0.2) is 29.3 Å². The lowest BCUT2D eigenvalue weighted by Gasteiger charge is -2.26. The summed E-state index contributed by atoms with van der Waals surface area (Å²) in [4.78, 5) is 4.66. The van der Waals surface area contributed by atoms with Crippen LogP contribution in [0.5, 0.6) is 5.75 Å². The zero-order chi connectivity index (χ0) is 12.5. The van der Waals surface area contributed by atoms with Crippen LogP contribution >= 0.6 is 0 Å². The molecule has 0 spiro atoms. The molecule has 0 amide bonds. The zero-order valence-corrected chi connectivity index (χ0v) is 10.5. The van der Waals surface area contributed by atoms with Crippen molar-refractivity contribution in [3.8, 4) is 5.75 Å². The average molecular weight is 246 g/mol. The first kappa shape index (κ1) is 11.5. The van der Waals surface area contributed by atoms with Crippen LogP contribution in [0.3, 0.4) is 0 Å². The molecule has 96 valence electrons. The summed E-state index contributed by atoms with van der Waals surface area (Å²) in [7, 11) is 1.66. The second-order valence-corrected chi connectivity index (χ2v) is 4.96. The van der Waals surface area contributed by atoms with Gasteiger partial charge in [-0.2, -0.15) is 0 Å². The van der Waals surface area contributed by atoms with Crippen LogP contribution in [-0.4, -0.2) is 31.2 Å². The first-order valence-electron chi connectivity index (χ1n) is 6.41. The van der Waals surface area contributed by atoms with Crippen molar-refractivity contribution in [2.24, 2.45) is 10.7 Å². The molecule has 1 aromatic carbocycles. The van der Waals surface area contributed by atoms with Crippen molar-refractivity contribution in [3.63, 3.8) is 0 Å². The Morgan fingerprint density at radius 2 is 2.28 bits per heavy atom. The third-order valence-corrected chi connectivity index (χ3v) is 3.66. The van der Waals surface area contributed by atoms with Gasteiger partial charge in [-0.05, 0) is 37.5 Å². The van der Waals surface area contributed by atoms with Crippen molar-refractivity contribution in [1.29, 1.82) is 0 Å². The molecular weight excluding hydrogens is 228 g/mol. The van der Waals surface area contributed by atoms with Gasteiger partial charge in [0.05, 0.1) is 13.2 Å². The van der Waals surface area contributed by atoms with E-state index in [1.165, 1.54) is 0 Å². The topological polar surface area (TPSA) is 56.8 Å². The molecule has 1 fully saturated rings. The van der Waals surface area contributed by atoms with Crippen molar-refractivity contribution in [2.75, 3.05) is 7.11 Å². The number of ether oxygens (including phenoxy) is 2. The first-order valence-corrected chi connectivity index (χ1v) is 6.41. The van der Waals surface area contributed by atoms with Crippen LogP contribution in [0.4, 0.5) is 0 Å². The SMILES string of the molecule is COc1cccc(C2=NC3CC(N)CCC3O2)c1. The molecule has 0 saturated heterocycles. The Balaban J connectivity index is 1.82. The van der Waals surface area contributed by atoms with Gasteiger partial charge in [0, 0.05) is 11.6 Å². The monoisotopic (exact) mass is 246 g/mol. The van der Waals surface area contributed by atoms with E-state index in [1.807, 2.05) is 24.3 Å². The zero-order valence-electron chi connectivity index (χ0n) is 10.5. The number of hydrogen-bond donors (Lipinski definition) is 1. The number of rotatable bonds is 2. The Kier molecular flexibility index (Phi) is 2.96. The first-order chi connectivity index (χ1) is 8.76. The van der Waals surface area contributed by atoms with Crippen molar-refractivity contribution < 1.29 is 9.47 Å². The van der Waals surface area contributed by atoms with Gasteiger partial charge in [0.25, 0.3) is 0 Å². The fourth-order valence-electron chi connectivity index (χ4n) is 2.65. The largest absolute Gasteiger partial charge is 0.497 e. The van der Waals surface area contributed by atoms with Crippen molar-refractivity contribution in [3.05, 3.63) is 29.8 Å². The Hall–Kier alpha value is -1.55. The fraction of sp³-hybridized carbons (Fsp3) is 0.500. The van der Waals surface area contributed by atoms with E-state index >= 15 is 0 Å². The lowest BCUT2D eigenvalue weighted by Crippen LogP contribution is -2.37. The van der Waals surface area contributed by atoms with E-state index in [0.717, 1.165) is 36.5 Å². The summed E-state index contributed by atoms with van der Waals surface area (Å²) in [6, 6.07) is 8.32. The standard InChI is InChI=1S/C14H18N2O2/c1-17-11-4-2-3-9(7-11)14-16-12-8-10(15)5-6-13(12)18-14/h2-4,7,10,12-13H,5-6,8,15H2,1H3. The Morgan fingerprint density at radius 3 is 3.11 bits per heavy atom. The van der Waals surface area contributed by atoms with Gasteiger partial charge in [-0.3, -0.25) is 0 Å². The van der Waals surface area contributed by atoms with Gasteiger partial charge in [-0.25, -0.2) is 4.99 Å². The summed E-state index contributed by atoms with van der Waals surface area (Å²) in [6.07, 6.45) is 3.18. The number of nitrogens with zero attached hydrogens (tertiary/aromatic N) is 1. The molecule has 2 aliphatic rings. The van der Waals surface area contributed by atoms with Crippen LogP contribution in [0.1, 0.15) is 24.8 Å². The second-order valence-electron chi connectivity index (χ2n) is 4.96. The summed E-state index contributed by atoms with van der Waals surface area (Å²) in [5.74, 6) is 1.56. The molecule has 1 saturated carbocycles. The van der Waals surface area contributed by atoms with Gasteiger partial charge in [-0.15, -0.1) is 0 Å². The van der Waals surface area contributed by atoms with Crippen molar-refractivity contribution >= 4 is 5.90 Å². The fourth-order valence-corrected chi connectivity index (χ4v) is 2.65. The highest BCUT2D eigenvalue weighted by atomic mass is 16.5. The molecular formula is C14H18N2O2. The summed E-state index contributed by atoms with van der Waals surface area (Å²) in [6.45, 7) is 0. The molecule has 0 aromatic heterocycles. The molecule has 1 aliphatic heterocycles. The van der Waals surface area contributed by atoms with Gasteiger partial charge in [0.2, 0.25) is 5.90 Å². The number of nitrogens with two attached hydrogens (primary N) is 1. The summed E-state index contributed by atoms with van der Waals surface area (Å²) < 4.78 is 11.2. The van der Waals surface area contributed by atoms with Gasteiger partial charge in [-0.1, -0.05) is 6.07 Å².